The molecule has 5 aromatic carbocycles. The van der Waals surface area contributed by atoms with Gasteiger partial charge in [-0.1, -0.05) is 66.2 Å². The summed E-state index contributed by atoms with van der Waals surface area (Å²) in [4.78, 5) is 43.3. The fraction of sp³-hybridized carbons (Fsp3) is 0.273. The van der Waals surface area contributed by atoms with E-state index in [9.17, 15) is 33.2 Å². The van der Waals surface area contributed by atoms with Crippen LogP contribution in [0.15, 0.2) is 131 Å². The highest BCUT2D eigenvalue weighted by molar-refractivity contribution is 7.99. The van der Waals surface area contributed by atoms with Gasteiger partial charge in [0, 0.05) is 91.4 Å². The molecule has 2 aliphatic rings. The number of carbonyl (C=O) groups is 2. The number of hydrogen-bond donors (Lipinski definition) is 3. The van der Waals surface area contributed by atoms with Gasteiger partial charge in [-0.25, -0.2) is 13.1 Å². The Morgan fingerprint density at radius 1 is 0.867 bits per heavy atom. The number of halogens is 1. The second-order valence-corrected chi connectivity index (χ2v) is 18.1. The number of amides is 1. The number of benzene rings is 5. The van der Waals surface area contributed by atoms with Crippen LogP contribution in [0.25, 0.3) is 11.1 Å². The van der Waals surface area contributed by atoms with E-state index in [1.165, 1.54) is 12.1 Å². The van der Waals surface area contributed by atoms with E-state index in [0.29, 0.717) is 36.8 Å². The summed E-state index contributed by atoms with van der Waals surface area (Å²) in [5.74, 6) is -1.55. The van der Waals surface area contributed by atoms with Crippen molar-refractivity contribution in [3.05, 3.63) is 148 Å². The minimum Gasteiger partial charge on any atom is -0.481 e. The van der Waals surface area contributed by atoms with Crippen molar-refractivity contribution in [2.75, 3.05) is 61.8 Å². The Labute approximate surface area is 358 Å². The van der Waals surface area contributed by atoms with E-state index >= 15 is 0 Å². The van der Waals surface area contributed by atoms with Gasteiger partial charge in [-0.15, -0.1) is 11.8 Å². The molecule has 2 aliphatic heterocycles. The molecular formula is C44H45ClN6O7S2. The monoisotopic (exact) mass is 868 g/mol. The molecule has 2 heterocycles. The van der Waals surface area contributed by atoms with Gasteiger partial charge in [-0.3, -0.25) is 24.6 Å². The van der Waals surface area contributed by atoms with Gasteiger partial charge in [0.25, 0.3) is 21.6 Å². The number of carboxylic acids is 1. The van der Waals surface area contributed by atoms with Crippen LogP contribution in [0.5, 0.6) is 0 Å². The lowest BCUT2D eigenvalue weighted by Gasteiger charge is -2.37. The summed E-state index contributed by atoms with van der Waals surface area (Å²) in [5, 5.41) is 25.5. The van der Waals surface area contributed by atoms with Crippen molar-refractivity contribution in [2.45, 2.75) is 28.8 Å². The molecule has 0 saturated carbocycles. The zero-order valence-corrected chi connectivity index (χ0v) is 35.0. The number of nitro groups is 1. The van der Waals surface area contributed by atoms with Gasteiger partial charge < -0.3 is 20.2 Å². The van der Waals surface area contributed by atoms with Gasteiger partial charge in [-0.05, 0) is 83.8 Å². The highest BCUT2D eigenvalue weighted by atomic mass is 35.5. The maximum Gasteiger partial charge on any atom is 0.309 e. The number of carboxylic acid groups (broad SMARTS) is 1. The van der Waals surface area contributed by atoms with Gasteiger partial charge in [0.15, 0.2) is 0 Å². The van der Waals surface area contributed by atoms with Gasteiger partial charge >= 0.3 is 5.97 Å². The maximum absolute atomic E-state index is 13.4. The van der Waals surface area contributed by atoms with E-state index in [4.69, 9.17) is 11.6 Å². The van der Waals surface area contributed by atoms with Crippen LogP contribution in [0.2, 0.25) is 5.02 Å². The number of nitro benzene ring substituents is 1. The summed E-state index contributed by atoms with van der Waals surface area (Å²) in [6.45, 7) is 5.34. The van der Waals surface area contributed by atoms with Crippen molar-refractivity contribution in [1.82, 2.24) is 14.5 Å². The molecule has 312 valence electrons. The van der Waals surface area contributed by atoms with Gasteiger partial charge in [-0.2, -0.15) is 0 Å². The number of likely N-dealkylation sites (tertiary alicyclic amines) is 1. The van der Waals surface area contributed by atoms with Crippen molar-refractivity contribution >= 4 is 62.3 Å². The Bertz CT molecular complexity index is 2410. The van der Waals surface area contributed by atoms with Gasteiger partial charge in [0.05, 0.1) is 15.7 Å². The summed E-state index contributed by atoms with van der Waals surface area (Å²) >= 11 is 7.96. The minimum atomic E-state index is -4.49. The predicted molar refractivity (Wildman–Crippen MR) is 235 cm³/mol. The first-order valence-corrected chi connectivity index (χ1v) is 22.4. The lowest BCUT2D eigenvalue weighted by atomic mass is 9.99. The normalized spacial score (nSPS) is 15.5. The minimum absolute atomic E-state index is 0.124. The summed E-state index contributed by atoms with van der Waals surface area (Å²) in [7, 11) is -4.49. The lowest BCUT2D eigenvalue weighted by Crippen LogP contribution is -2.51. The molecule has 0 bridgehead atoms. The number of anilines is 2. The Balaban J connectivity index is 0.960. The molecule has 1 amide bonds. The van der Waals surface area contributed by atoms with Crippen LogP contribution in [0, 0.1) is 16.0 Å². The van der Waals surface area contributed by atoms with E-state index in [0.717, 1.165) is 66.1 Å². The number of nitrogens with zero attached hydrogens (tertiary/aromatic N) is 4. The number of hydrogen-bond acceptors (Lipinski definition) is 11. The highest BCUT2D eigenvalue weighted by Gasteiger charge is 2.33. The first-order valence-electron chi connectivity index (χ1n) is 19.6. The second-order valence-electron chi connectivity index (χ2n) is 14.9. The van der Waals surface area contributed by atoms with Crippen LogP contribution in [0.3, 0.4) is 0 Å². The fourth-order valence-electron chi connectivity index (χ4n) is 7.39. The van der Waals surface area contributed by atoms with Crippen molar-refractivity contribution in [2.24, 2.45) is 5.92 Å². The molecule has 60 heavy (non-hydrogen) atoms. The Morgan fingerprint density at radius 2 is 1.55 bits per heavy atom. The SMILES string of the molecule is O=C(NS(=O)(=O)c1ccc(N[C@H](CCN2CC(C(=O)O)C2)CSc2ccccc2)c([N+](=O)[O-])c1)c1ccc(N2CCN(Cc3cc(Cl)ccc3-c3ccccc3)CC2)cc1. The van der Waals surface area contributed by atoms with E-state index in [1.54, 1.807) is 36.0 Å². The Kier molecular flexibility index (Phi) is 13.7. The summed E-state index contributed by atoms with van der Waals surface area (Å²) in [6, 6.07) is 35.9. The molecule has 0 radical (unpaired) electrons. The lowest BCUT2D eigenvalue weighted by molar-refractivity contribution is -0.384. The number of sulfonamides is 1. The number of nitrogens with one attached hydrogen (secondary N) is 2. The quantitative estimate of drug-likeness (QED) is 0.0485. The van der Waals surface area contributed by atoms with Crippen LogP contribution in [-0.4, -0.2) is 97.7 Å². The molecule has 0 unspecified atom stereocenters. The number of rotatable bonds is 17. The Hall–Kier alpha value is -5.45. The third-order valence-corrected chi connectivity index (χ3v) is 13.5. The summed E-state index contributed by atoms with van der Waals surface area (Å²) in [6.07, 6.45) is 0.564. The smallest absolute Gasteiger partial charge is 0.309 e. The molecule has 2 fully saturated rings. The summed E-state index contributed by atoms with van der Waals surface area (Å²) in [5.41, 5.74) is 4.15. The van der Waals surface area contributed by atoms with Crippen molar-refractivity contribution in [1.29, 1.82) is 0 Å². The molecular weight excluding hydrogens is 824 g/mol. The summed E-state index contributed by atoms with van der Waals surface area (Å²) < 4.78 is 28.9. The van der Waals surface area contributed by atoms with E-state index in [-0.39, 0.29) is 17.3 Å². The molecule has 2 saturated heterocycles. The molecule has 0 spiro atoms. The molecule has 16 heteroatoms. The third-order valence-electron chi connectivity index (χ3n) is 10.8. The van der Waals surface area contributed by atoms with Crippen molar-refractivity contribution < 1.29 is 28.0 Å². The molecule has 0 aromatic heterocycles. The average Bonchev–Trinajstić information content (AvgIpc) is 3.23. The number of carbonyl (C=O) groups excluding carboxylic acids is 1. The molecule has 0 aliphatic carbocycles. The van der Waals surface area contributed by atoms with E-state index in [1.807, 2.05) is 65.6 Å². The van der Waals surface area contributed by atoms with Crippen LogP contribution in [0.4, 0.5) is 17.1 Å². The second kappa shape index (κ2) is 19.3. The van der Waals surface area contributed by atoms with Gasteiger partial charge in [0.2, 0.25) is 0 Å². The predicted octanol–water partition coefficient (Wildman–Crippen LogP) is 7.34. The van der Waals surface area contributed by atoms with Crippen LogP contribution >= 0.6 is 23.4 Å². The first-order chi connectivity index (χ1) is 28.9. The molecule has 13 nitrogen and oxygen atoms in total. The average molecular weight is 869 g/mol. The largest absolute Gasteiger partial charge is 0.481 e. The fourth-order valence-corrected chi connectivity index (χ4v) is 9.57. The molecule has 3 N–H and O–H groups in total. The Morgan fingerprint density at radius 3 is 2.22 bits per heavy atom. The molecule has 5 aromatic rings. The van der Waals surface area contributed by atoms with Crippen molar-refractivity contribution in [3.63, 3.8) is 0 Å². The third kappa shape index (κ3) is 10.8. The first kappa shape index (κ1) is 42.7. The topological polar surface area (TPSA) is 165 Å². The van der Waals surface area contributed by atoms with Gasteiger partial charge in [0.1, 0.15) is 5.69 Å². The van der Waals surface area contributed by atoms with Crippen LogP contribution in [-0.2, 0) is 21.4 Å². The van der Waals surface area contributed by atoms with E-state index < -0.39 is 43.3 Å². The molecule has 1 atom stereocenters. The van der Waals surface area contributed by atoms with E-state index in [2.05, 4.69) is 38.0 Å². The number of aliphatic carboxylic acids is 1. The highest BCUT2D eigenvalue weighted by Crippen LogP contribution is 2.32. The van der Waals surface area contributed by atoms with Crippen LogP contribution < -0.4 is 14.9 Å². The maximum atomic E-state index is 13.4. The zero-order valence-electron chi connectivity index (χ0n) is 32.7. The number of piperazine rings is 1. The molecule has 7 rings (SSSR count). The number of thioether (sulfide) groups is 1. The van der Waals surface area contributed by atoms with Crippen molar-refractivity contribution in [3.8, 4) is 11.1 Å². The standard InChI is InChI=1S/C44H45ClN6O7S2/c45-35-13-17-40(31-7-3-1-4-8-31)33(25-35)27-48-21-23-50(24-22-48)37-14-11-32(12-15-37)43(52)47-60(57,58)39-16-18-41(42(26-39)51(55)56)46-36(30-59-38-9-5-2-6-10-38)19-20-49-28-34(29-49)44(53)54/h1-18,25-26,34,36,46H,19-24,27-30H2,(H,47,52)(H,53,54)/t36-/m1/s1. The van der Waals surface area contributed by atoms with Crippen LogP contribution in [0.1, 0.15) is 22.3 Å². The zero-order chi connectivity index (χ0) is 42.2.